The van der Waals surface area contributed by atoms with Gasteiger partial charge in [0.2, 0.25) is 0 Å². The van der Waals surface area contributed by atoms with Gasteiger partial charge in [-0.15, -0.1) is 0 Å². The van der Waals surface area contributed by atoms with Gasteiger partial charge in [0.05, 0.1) is 22.2 Å². The molecule has 0 N–H and O–H groups in total. The molecule has 0 bridgehead atoms. The van der Waals surface area contributed by atoms with E-state index in [0.717, 1.165) is 49.9 Å². The summed E-state index contributed by atoms with van der Waals surface area (Å²) in [6, 6.07) is 65.6. The molecule has 0 aliphatic rings. The van der Waals surface area contributed by atoms with Crippen molar-refractivity contribution in [3.8, 4) is 56.7 Å². The van der Waals surface area contributed by atoms with Crippen LogP contribution in [0.15, 0.2) is 188 Å². The molecule has 0 aliphatic heterocycles. The second-order valence-electron chi connectivity index (χ2n) is 17.0. The van der Waals surface area contributed by atoms with E-state index in [1.54, 1.807) is 0 Å². The molecule has 3 aromatic heterocycles. The number of para-hydroxylation sites is 2. The van der Waals surface area contributed by atoms with Crippen LogP contribution in [0, 0.1) is 0 Å². The van der Waals surface area contributed by atoms with Crippen molar-refractivity contribution < 1.29 is 0 Å². The van der Waals surface area contributed by atoms with Crippen LogP contribution in [0.25, 0.3) is 100 Å². The van der Waals surface area contributed by atoms with Crippen molar-refractivity contribution in [2.45, 2.75) is 39.5 Å². The van der Waals surface area contributed by atoms with E-state index >= 15 is 0 Å². The van der Waals surface area contributed by atoms with Gasteiger partial charge in [0.25, 0.3) is 0 Å². The molecule has 0 spiro atoms. The van der Waals surface area contributed by atoms with Gasteiger partial charge in [-0.25, -0.2) is 15.0 Å². The van der Waals surface area contributed by atoms with Gasteiger partial charge in [-0.3, -0.25) is 0 Å². The van der Waals surface area contributed by atoms with E-state index < -0.39 is 0 Å². The van der Waals surface area contributed by atoms with Crippen molar-refractivity contribution in [1.29, 1.82) is 0 Å². The summed E-state index contributed by atoms with van der Waals surface area (Å²) in [4.78, 5) is 15.6. The average Bonchev–Trinajstić information content (AvgIpc) is 3.90. The predicted molar refractivity (Wildman–Crippen MR) is 258 cm³/mol. The lowest BCUT2D eigenvalue weighted by Gasteiger charge is -2.15. The zero-order valence-corrected chi connectivity index (χ0v) is 35.3. The third-order valence-electron chi connectivity index (χ3n) is 12.4. The molecule has 8 aromatic carbocycles. The zero-order valence-electron chi connectivity index (χ0n) is 35.3. The summed E-state index contributed by atoms with van der Waals surface area (Å²) in [5, 5.41) is 5.89. The second-order valence-corrected chi connectivity index (χ2v) is 17.0. The van der Waals surface area contributed by atoms with E-state index in [1.165, 1.54) is 43.9 Å². The first kappa shape index (κ1) is 37.4. The highest BCUT2D eigenvalue weighted by Crippen LogP contribution is 2.39. The molecule has 0 saturated carbocycles. The summed E-state index contributed by atoms with van der Waals surface area (Å²) < 4.78 is 4.69. The maximum Gasteiger partial charge on any atom is 0.164 e. The molecular formula is C57H45N5. The quantitative estimate of drug-likeness (QED) is 0.154. The minimum absolute atomic E-state index is 0.429. The van der Waals surface area contributed by atoms with E-state index in [0.29, 0.717) is 29.3 Å². The van der Waals surface area contributed by atoms with Crippen LogP contribution < -0.4 is 0 Å². The van der Waals surface area contributed by atoms with Gasteiger partial charge >= 0.3 is 0 Å². The first-order chi connectivity index (χ1) is 30.4. The van der Waals surface area contributed by atoms with Crippen molar-refractivity contribution in [3.63, 3.8) is 0 Å². The molecule has 298 valence electrons. The Morgan fingerprint density at radius 3 is 1.60 bits per heavy atom. The van der Waals surface area contributed by atoms with Crippen LogP contribution >= 0.6 is 0 Å². The zero-order chi connectivity index (χ0) is 41.9. The minimum atomic E-state index is 0.429. The predicted octanol–water partition coefficient (Wildman–Crippen LogP) is 15.0. The molecule has 0 atom stereocenters. The highest BCUT2D eigenvalue weighted by molar-refractivity contribution is 6.12. The third kappa shape index (κ3) is 6.54. The number of rotatable bonds is 8. The normalized spacial score (nSPS) is 11.8. The first-order valence-corrected chi connectivity index (χ1v) is 21.6. The van der Waals surface area contributed by atoms with E-state index in [-0.39, 0.29) is 0 Å². The van der Waals surface area contributed by atoms with E-state index in [1.807, 2.05) is 0 Å². The number of fused-ring (bicyclic) bond motifs is 5. The van der Waals surface area contributed by atoms with Gasteiger partial charge in [0.15, 0.2) is 17.5 Å². The van der Waals surface area contributed by atoms with Crippen molar-refractivity contribution in [3.05, 3.63) is 199 Å². The minimum Gasteiger partial charge on any atom is -0.317 e. The Morgan fingerprint density at radius 1 is 0.371 bits per heavy atom. The number of benzene rings is 8. The van der Waals surface area contributed by atoms with Gasteiger partial charge in [-0.2, -0.15) is 0 Å². The Morgan fingerprint density at radius 2 is 0.919 bits per heavy atom. The molecule has 5 heteroatoms. The van der Waals surface area contributed by atoms with E-state index in [4.69, 9.17) is 15.0 Å². The molecule has 0 saturated heterocycles. The largest absolute Gasteiger partial charge is 0.317 e. The molecule has 0 amide bonds. The van der Waals surface area contributed by atoms with Crippen LogP contribution in [0.5, 0.6) is 0 Å². The van der Waals surface area contributed by atoms with Crippen LogP contribution in [0.3, 0.4) is 0 Å². The van der Waals surface area contributed by atoms with Gasteiger partial charge in [-0.1, -0.05) is 155 Å². The Balaban J connectivity index is 1.08. The highest BCUT2D eigenvalue weighted by atomic mass is 15.0. The molecule has 62 heavy (non-hydrogen) atoms. The van der Waals surface area contributed by atoms with Crippen LogP contribution in [0.1, 0.15) is 50.7 Å². The summed E-state index contributed by atoms with van der Waals surface area (Å²) in [6.07, 6.45) is 2.16. The summed E-state index contributed by atoms with van der Waals surface area (Å²) in [6.45, 7) is 8.86. The van der Waals surface area contributed by atoms with Crippen LogP contribution in [0.2, 0.25) is 0 Å². The lowest BCUT2D eigenvalue weighted by molar-refractivity contribution is 0.866. The fourth-order valence-corrected chi connectivity index (χ4v) is 8.96. The lowest BCUT2D eigenvalue weighted by atomic mass is 10.0. The van der Waals surface area contributed by atoms with E-state index in [9.17, 15) is 0 Å². The fourth-order valence-electron chi connectivity index (χ4n) is 8.96. The summed E-state index contributed by atoms with van der Waals surface area (Å²) in [7, 11) is 0. The first-order valence-electron chi connectivity index (χ1n) is 21.6. The SMILES string of the molecule is CC(C)c1ccc(-c2nc(-c3ccc(C(C)C)cc3)nc(-c3cc(-n4c5ccccc5c5cc(-c6cccc(-n7ccc8ccccc87)c6)ccc54)c4ccccc4c3)n2)cc1. The van der Waals surface area contributed by atoms with Crippen molar-refractivity contribution in [1.82, 2.24) is 24.1 Å². The summed E-state index contributed by atoms with van der Waals surface area (Å²) >= 11 is 0. The number of hydrogen-bond acceptors (Lipinski definition) is 3. The highest BCUT2D eigenvalue weighted by Gasteiger charge is 2.19. The van der Waals surface area contributed by atoms with Crippen LogP contribution in [-0.2, 0) is 0 Å². The second kappa shape index (κ2) is 15.1. The standard InChI is InChI=1S/C57H45N5/c1-36(2)38-20-24-41(25-21-38)55-58-56(42-26-22-39(23-27-42)37(3)4)60-57(59-55)46-32-45-13-5-7-16-48(45)54(35-46)62-52-19-10-8-17-49(52)50-34-44(28-29-53(50)62)43-14-11-15-47(33-43)61-31-30-40-12-6-9-18-51(40)61/h5-37H,1-4H3. The van der Waals surface area contributed by atoms with Crippen molar-refractivity contribution in [2.75, 3.05) is 0 Å². The van der Waals surface area contributed by atoms with Gasteiger partial charge in [-0.05, 0) is 99.5 Å². The molecule has 5 nitrogen and oxygen atoms in total. The molecule has 11 aromatic rings. The Hall–Kier alpha value is -7.63. The average molecular weight is 800 g/mol. The van der Waals surface area contributed by atoms with E-state index in [2.05, 4.69) is 225 Å². The number of hydrogen-bond donors (Lipinski definition) is 0. The van der Waals surface area contributed by atoms with Gasteiger partial charge in [0, 0.05) is 44.7 Å². The monoisotopic (exact) mass is 799 g/mol. The lowest BCUT2D eigenvalue weighted by Crippen LogP contribution is -2.02. The van der Waals surface area contributed by atoms with Crippen LogP contribution in [-0.4, -0.2) is 24.1 Å². The molecule has 11 rings (SSSR count). The van der Waals surface area contributed by atoms with Crippen LogP contribution in [0.4, 0.5) is 0 Å². The smallest absolute Gasteiger partial charge is 0.164 e. The Bertz CT molecular complexity index is 3390. The number of nitrogens with zero attached hydrogens (tertiary/aromatic N) is 5. The van der Waals surface area contributed by atoms with Crippen molar-refractivity contribution in [2.24, 2.45) is 0 Å². The van der Waals surface area contributed by atoms with Gasteiger partial charge < -0.3 is 9.13 Å². The number of aromatic nitrogens is 5. The topological polar surface area (TPSA) is 48.5 Å². The van der Waals surface area contributed by atoms with Gasteiger partial charge in [0.1, 0.15) is 0 Å². The molecular weight excluding hydrogens is 755 g/mol. The molecule has 0 aliphatic carbocycles. The Labute approximate surface area is 361 Å². The summed E-state index contributed by atoms with van der Waals surface area (Å²) in [5.41, 5.74) is 13.4. The molecule has 0 radical (unpaired) electrons. The third-order valence-corrected chi connectivity index (χ3v) is 12.4. The molecule has 0 unspecified atom stereocenters. The van der Waals surface area contributed by atoms with Crippen molar-refractivity contribution >= 4 is 43.5 Å². The maximum absolute atomic E-state index is 5.23. The molecule has 3 heterocycles. The summed E-state index contributed by atoms with van der Waals surface area (Å²) in [5.74, 6) is 2.80. The molecule has 0 fully saturated rings. The fraction of sp³-hybridized carbons (Fsp3) is 0.105. The Kier molecular flexibility index (Phi) is 9.12. The maximum atomic E-state index is 5.23.